The standard InChI is InChI=1S/C9H18BO4PS/c1-4-15(11,16)14-8-6(2)9(10)13-7(8)5-12-3/h6-9H,4-5H2,1-3H3,(H,11,16)/t6-,7+,8?,9-,15?/m1/s1. The van der Waals surface area contributed by atoms with Crippen LogP contribution in [0.15, 0.2) is 0 Å². The van der Waals surface area contributed by atoms with Crippen molar-refractivity contribution in [1.82, 2.24) is 0 Å². The fourth-order valence-corrected chi connectivity index (χ4v) is 2.81. The third-order valence-corrected chi connectivity index (χ3v) is 5.16. The summed E-state index contributed by atoms with van der Waals surface area (Å²) >= 11 is 5.02. The molecule has 5 atom stereocenters. The second-order valence-electron chi connectivity index (χ2n) is 3.98. The van der Waals surface area contributed by atoms with Crippen molar-refractivity contribution in [3.05, 3.63) is 0 Å². The predicted octanol–water partition coefficient (Wildman–Crippen LogP) is 0.869. The Morgan fingerprint density at radius 2 is 2.19 bits per heavy atom. The fraction of sp³-hybridized carbons (Fsp3) is 1.00. The van der Waals surface area contributed by atoms with Crippen molar-refractivity contribution in [2.45, 2.75) is 32.1 Å². The van der Waals surface area contributed by atoms with Gasteiger partial charge in [0.05, 0.1) is 12.7 Å². The zero-order valence-electron chi connectivity index (χ0n) is 9.83. The lowest BCUT2D eigenvalue weighted by Crippen LogP contribution is -2.31. The van der Waals surface area contributed by atoms with Crippen LogP contribution in [-0.4, -0.2) is 50.8 Å². The van der Waals surface area contributed by atoms with Crippen LogP contribution in [0.25, 0.3) is 0 Å². The molecule has 0 saturated carbocycles. The van der Waals surface area contributed by atoms with Gasteiger partial charge in [-0.2, -0.15) is 0 Å². The van der Waals surface area contributed by atoms with E-state index in [0.29, 0.717) is 12.8 Å². The average molecular weight is 264 g/mol. The molecule has 1 heterocycles. The molecule has 1 N–H and O–H groups in total. The maximum Gasteiger partial charge on any atom is 0.186 e. The normalized spacial score (nSPS) is 38.5. The minimum atomic E-state index is -2.71. The molecule has 0 aliphatic carbocycles. The van der Waals surface area contributed by atoms with Crippen LogP contribution >= 0.6 is 6.49 Å². The zero-order valence-corrected chi connectivity index (χ0v) is 11.5. The maximum absolute atomic E-state index is 9.84. The van der Waals surface area contributed by atoms with Crippen molar-refractivity contribution in [1.29, 1.82) is 0 Å². The van der Waals surface area contributed by atoms with Gasteiger partial charge in [-0.25, -0.2) is 0 Å². The molecular formula is C9H18BO4PS. The molecule has 1 fully saturated rings. The van der Waals surface area contributed by atoms with Crippen LogP contribution in [0.3, 0.4) is 0 Å². The molecule has 0 amide bonds. The Labute approximate surface area is 103 Å². The van der Waals surface area contributed by atoms with Gasteiger partial charge < -0.3 is 18.9 Å². The molecule has 1 saturated heterocycles. The first-order valence-electron chi connectivity index (χ1n) is 5.31. The van der Waals surface area contributed by atoms with Crippen molar-refractivity contribution in [3.8, 4) is 0 Å². The van der Waals surface area contributed by atoms with Crippen molar-refractivity contribution in [3.63, 3.8) is 0 Å². The van der Waals surface area contributed by atoms with Gasteiger partial charge in [-0.15, -0.1) is 0 Å². The summed E-state index contributed by atoms with van der Waals surface area (Å²) in [4.78, 5) is 9.84. The van der Waals surface area contributed by atoms with Crippen LogP contribution in [-0.2, 0) is 25.8 Å². The van der Waals surface area contributed by atoms with Gasteiger partial charge in [0.2, 0.25) is 0 Å². The van der Waals surface area contributed by atoms with E-state index in [0.717, 1.165) is 0 Å². The number of rotatable bonds is 5. The molecule has 0 aromatic heterocycles. The summed E-state index contributed by atoms with van der Waals surface area (Å²) < 4.78 is 16.1. The van der Waals surface area contributed by atoms with Gasteiger partial charge in [0, 0.05) is 25.2 Å². The highest BCUT2D eigenvalue weighted by atomic mass is 32.5. The van der Waals surface area contributed by atoms with E-state index in [1.54, 1.807) is 7.11 Å². The van der Waals surface area contributed by atoms with Crippen LogP contribution in [0.5, 0.6) is 0 Å². The second-order valence-corrected chi connectivity index (χ2v) is 7.81. The third kappa shape index (κ3) is 3.52. The quantitative estimate of drug-likeness (QED) is 0.589. The Morgan fingerprint density at radius 3 is 2.69 bits per heavy atom. The molecule has 0 bridgehead atoms. The highest BCUT2D eigenvalue weighted by Gasteiger charge is 2.42. The summed E-state index contributed by atoms with van der Waals surface area (Å²) in [6.45, 7) is 1.42. The van der Waals surface area contributed by atoms with E-state index >= 15 is 0 Å². The summed E-state index contributed by atoms with van der Waals surface area (Å²) in [6.07, 6.45) is -0.0951. The number of hydrogen-bond donors (Lipinski definition) is 1. The molecule has 4 nitrogen and oxygen atoms in total. The van der Waals surface area contributed by atoms with Crippen molar-refractivity contribution in [2.75, 3.05) is 19.9 Å². The van der Waals surface area contributed by atoms with Gasteiger partial charge in [0.1, 0.15) is 14.0 Å². The average Bonchev–Trinajstić information content (AvgIpc) is 2.47. The largest absolute Gasteiger partial charge is 0.382 e. The van der Waals surface area contributed by atoms with E-state index in [2.05, 4.69) is 0 Å². The Morgan fingerprint density at radius 1 is 1.56 bits per heavy atom. The highest BCUT2D eigenvalue weighted by molar-refractivity contribution is 8.09. The first kappa shape index (κ1) is 14.6. The summed E-state index contributed by atoms with van der Waals surface area (Å²) in [5.41, 5.74) is 0. The lowest BCUT2D eigenvalue weighted by Gasteiger charge is -2.25. The molecule has 0 spiro atoms. The number of hydrogen-bond acceptors (Lipinski definition) is 4. The van der Waals surface area contributed by atoms with Crippen LogP contribution in [0.2, 0.25) is 0 Å². The molecule has 16 heavy (non-hydrogen) atoms. The van der Waals surface area contributed by atoms with Crippen molar-refractivity contribution < 1.29 is 18.9 Å². The molecule has 92 valence electrons. The molecule has 7 heteroatoms. The van der Waals surface area contributed by atoms with Crippen LogP contribution in [0.1, 0.15) is 13.8 Å². The summed E-state index contributed by atoms with van der Waals surface area (Å²) in [5, 5.41) is 0. The van der Waals surface area contributed by atoms with E-state index < -0.39 is 12.5 Å². The van der Waals surface area contributed by atoms with E-state index in [1.807, 2.05) is 13.8 Å². The topological polar surface area (TPSA) is 47.9 Å². The molecule has 0 aromatic rings. The monoisotopic (exact) mass is 264 g/mol. The molecule has 0 aromatic carbocycles. The van der Waals surface area contributed by atoms with Gasteiger partial charge >= 0.3 is 0 Å². The van der Waals surface area contributed by atoms with Crippen LogP contribution < -0.4 is 0 Å². The molecule has 1 aliphatic heterocycles. The van der Waals surface area contributed by atoms with Gasteiger partial charge in [0.15, 0.2) is 6.49 Å². The zero-order chi connectivity index (χ0) is 12.3. The van der Waals surface area contributed by atoms with E-state index in [-0.39, 0.29) is 18.1 Å². The molecule has 2 radical (unpaired) electrons. The van der Waals surface area contributed by atoms with Gasteiger partial charge in [0.25, 0.3) is 0 Å². The minimum Gasteiger partial charge on any atom is -0.382 e. The summed E-state index contributed by atoms with van der Waals surface area (Å²) in [5.74, 6) is 0.00109. The molecular weight excluding hydrogens is 246 g/mol. The Kier molecular flexibility index (Phi) is 5.43. The first-order chi connectivity index (χ1) is 7.41. The summed E-state index contributed by atoms with van der Waals surface area (Å²) in [7, 11) is 7.38. The third-order valence-electron chi connectivity index (χ3n) is 2.75. The molecule has 1 aliphatic rings. The number of ether oxygens (including phenoxy) is 2. The Bertz CT molecular complexity index is 278. The Hall–Kier alpha value is 0.555. The van der Waals surface area contributed by atoms with Crippen molar-refractivity contribution in [2.24, 2.45) is 5.92 Å². The van der Waals surface area contributed by atoms with E-state index in [4.69, 9.17) is 33.7 Å². The van der Waals surface area contributed by atoms with Gasteiger partial charge in [-0.3, -0.25) is 0 Å². The van der Waals surface area contributed by atoms with Crippen LogP contribution in [0.4, 0.5) is 0 Å². The van der Waals surface area contributed by atoms with E-state index in [9.17, 15) is 4.89 Å². The SMILES string of the molecule is [B][C@@H]1O[C@@H](COC)C(OP(O)(=S)CC)[C@H]1C. The molecule has 2 unspecified atom stereocenters. The van der Waals surface area contributed by atoms with Gasteiger partial charge in [-0.1, -0.05) is 13.8 Å². The minimum absolute atomic E-state index is 0.00109. The summed E-state index contributed by atoms with van der Waals surface area (Å²) in [6, 6.07) is -0.392. The fourth-order valence-electron chi connectivity index (χ4n) is 1.66. The maximum atomic E-state index is 9.84. The first-order valence-corrected chi connectivity index (χ1v) is 8.17. The van der Waals surface area contributed by atoms with Crippen molar-refractivity contribution >= 4 is 26.1 Å². The Balaban J connectivity index is 2.70. The lowest BCUT2D eigenvalue weighted by molar-refractivity contribution is -0.0105. The smallest absolute Gasteiger partial charge is 0.186 e. The predicted molar refractivity (Wildman–Crippen MR) is 67.4 cm³/mol. The van der Waals surface area contributed by atoms with Gasteiger partial charge in [-0.05, 0) is 11.8 Å². The van der Waals surface area contributed by atoms with E-state index in [1.165, 1.54) is 0 Å². The molecule has 1 rings (SSSR count). The second kappa shape index (κ2) is 5.94. The highest BCUT2D eigenvalue weighted by Crippen LogP contribution is 2.47. The lowest BCUT2D eigenvalue weighted by atomic mass is 9.86. The van der Waals surface area contributed by atoms with Crippen LogP contribution in [0, 0.1) is 5.92 Å². The number of methoxy groups -OCH3 is 1.